The van der Waals surface area contributed by atoms with E-state index in [2.05, 4.69) is 10.2 Å². The summed E-state index contributed by atoms with van der Waals surface area (Å²) in [6.07, 6.45) is -5.02. The van der Waals surface area contributed by atoms with Gasteiger partial charge < -0.3 is 15.3 Å². The van der Waals surface area contributed by atoms with E-state index in [4.69, 9.17) is 0 Å². The second-order valence-electron chi connectivity index (χ2n) is 9.30. The lowest BCUT2D eigenvalue weighted by atomic mass is 9.93. The van der Waals surface area contributed by atoms with Crippen LogP contribution in [-0.2, 0) is 18.9 Å². The zero-order valence-electron chi connectivity index (χ0n) is 19.8. The van der Waals surface area contributed by atoms with Crippen LogP contribution in [0.25, 0.3) is 6.08 Å². The van der Waals surface area contributed by atoms with Crippen LogP contribution in [0.4, 0.5) is 31.1 Å². The van der Waals surface area contributed by atoms with Crippen LogP contribution in [0.2, 0.25) is 0 Å². The van der Waals surface area contributed by atoms with Crippen LogP contribution in [-0.4, -0.2) is 46.7 Å². The van der Waals surface area contributed by atoms with Gasteiger partial charge in [0.2, 0.25) is 0 Å². The van der Waals surface area contributed by atoms with E-state index in [-0.39, 0.29) is 23.8 Å². The van der Waals surface area contributed by atoms with E-state index in [9.17, 15) is 36.2 Å². The predicted molar refractivity (Wildman–Crippen MR) is 125 cm³/mol. The molecule has 0 radical (unpaired) electrons. The Morgan fingerprint density at radius 2 is 1.59 bits per heavy atom. The number of likely N-dealkylation sites (tertiary alicyclic amines) is 1. The molecule has 2 aromatic rings. The van der Waals surface area contributed by atoms with Gasteiger partial charge in [0.05, 0.1) is 23.3 Å². The average molecular weight is 528 g/mol. The van der Waals surface area contributed by atoms with Crippen molar-refractivity contribution in [2.45, 2.75) is 50.3 Å². The van der Waals surface area contributed by atoms with Crippen LogP contribution < -0.4 is 5.32 Å². The second-order valence-corrected chi connectivity index (χ2v) is 9.30. The lowest BCUT2D eigenvalue weighted by Gasteiger charge is -2.36. The summed E-state index contributed by atoms with van der Waals surface area (Å²) in [5.41, 5.74) is -1.33. The van der Waals surface area contributed by atoms with Gasteiger partial charge in [-0.15, -0.1) is 0 Å². The first-order valence-corrected chi connectivity index (χ1v) is 11.9. The minimum atomic E-state index is -4.96. The molecule has 1 fully saturated rings. The molecule has 2 N–H and O–H groups in total. The normalized spacial score (nSPS) is 19.1. The van der Waals surface area contributed by atoms with Gasteiger partial charge in [-0.2, -0.15) is 26.3 Å². The van der Waals surface area contributed by atoms with E-state index in [0.717, 1.165) is 24.2 Å². The molecule has 1 saturated heterocycles. The Morgan fingerprint density at radius 1 is 0.973 bits per heavy atom. The van der Waals surface area contributed by atoms with Gasteiger partial charge in [-0.3, -0.25) is 4.90 Å². The van der Waals surface area contributed by atoms with Crippen molar-refractivity contribution >= 4 is 12.1 Å². The fourth-order valence-corrected chi connectivity index (χ4v) is 4.72. The first-order chi connectivity index (χ1) is 17.4. The number of carbonyl (C=O) groups is 1. The lowest BCUT2D eigenvalue weighted by molar-refractivity contribution is -0.143. The van der Waals surface area contributed by atoms with E-state index in [1.807, 2.05) is 24.3 Å². The third kappa shape index (κ3) is 6.64. The standard InChI is InChI=1S/C26H27F6N3O2/c27-25(28,29)19-13-17(14-20(15-19)26(30,31)32)16-33-24(37)35-12-5-18-3-1-2-4-22(18)23(35)8-11-34-9-6-21(36)7-10-34/h1-5,12-15,21,23,36H,6-11,16H2,(H,33,37). The number of alkyl halides is 6. The van der Waals surface area contributed by atoms with Crippen molar-refractivity contribution in [1.82, 2.24) is 15.1 Å². The first kappa shape index (κ1) is 27.0. The van der Waals surface area contributed by atoms with Crippen LogP contribution in [0.5, 0.6) is 0 Å². The van der Waals surface area contributed by atoms with Crippen molar-refractivity contribution in [1.29, 1.82) is 0 Å². The molecular weight excluding hydrogens is 500 g/mol. The number of halogens is 6. The highest BCUT2D eigenvalue weighted by Gasteiger charge is 2.37. The van der Waals surface area contributed by atoms with Gasteiger partial charge in [-0.1, -0.05) is 24.3 Å². The topological polar surface area (TPSA) is 55.8 Å². The number of aliphatic hydroxyl groups is 1. The Balaban J connectivity index is 1.50. The van der Waals surface area contributed by atoms with Crippen molar-refractivity contribution in [2.75, 3.05) is 19.6 Å². The summed E-state index contributed by atoms with van der Waals surface area (Å²) in [7, 11) is 0. The maximum absolute atomic E-state index is 13.2. The number of hydrogen-bond donors (Lipinski definition) is 2. The second kappa shape index (κ2) is 10.7. The molecule has 2 heterocycles. The number of nitrogens with zero attached hydrogens (tertiary/aromatic N) is 2. The quantitative estimate of drug-likeness (QED) is 0.483. The van der Waals surface area contributed by atoms with E-state index < -0.39 is 36.1 Å². The summed E-state index contributed by atoms with van der Waals surface area (Å²) < 4.78 is 79.1. The van der Waals surface area contributed by atoms with Crippen molar-refractivity contribution < 1.29 is 36.2 Å². The molecule has 11 heteroatoms. The fraction of sp³-hybridized carbons (Fsp3) is 0.423. The third-order valence-corrected chi connectivity index (χ3v) is 6.71. The predicted octanol–water partition coefficient (Wildman–Crippen LogP) is 5.81. The van der Waals surface area contributed by atoms with Gasteiger partial charge in [0.1, 0.15) is 0 Å². The average Bonchev–Trinajstić information content (AvgIpc) is 2.85. The molecular formula is C26H27F6N3O2. The summed E-state index contributed by atoms with van der Waals surface area (Å²) in [5.74, 6) is 0. The Hall–Kier alpha value is -3.05. The van der Waals surface area contributed by atoms with Crippen molar-refractivity contribution in [3.8, 4) is 0 Å². The Bertz CT molecular complexity index is 1110. The SMILES string of the molecule is O=C(NCc1cc(C(F)(F)F)cc(C(F)(F)F)c1)N1C=Cc2ccccc2C1CCN1CCC(O)CC1. The highest BCUT2D eigenvalue weighted by atomic mass is 19.4. The van der Waals surface area contributed by atoms with Gasteiger partial charge in [-0.25, -0.2) is 4.79 Å². The van der Waals surface area contributed by atoms with Crippen LogP contribution in [0, 0.1) is 0 Å². The summed E-state index contributed by atoms with van der Waals surface area (Å²) in [4.78, 5) is 16.8. The van der Waals surface area contributed by atoms with E-state index in [0.29, 0.717) is 37.9 Å². The van der Waals surface area contributed by atoms with Crippen molar-refractivity contribution in [2.24, 2.45) is 0 Å². The number of aliphatic hydroxyl groups excluding tert-OH is 1. The molecule has 1 atom stereocenters. The molecule has 2 aliphatic rings. The number of hydrogen-bond acceptors (Lipinski definition) is 3. The molecule has 2 amide bonds. The largest absolute Gasteiger partial charge is 0.416 e. The van der Waals surface area contributed by atoms with E-state index in [1.165, 1.54) is 4.90 Å². The molecule has 4 rings (SSSR count). The number of amides is 2. The van der Waals surface area contributed by atoms with Crippen molar-refractivity contribution in [3.05, 3.63) is 76.5 Å². The Labute approximate surface area is 210 Å². The monoisotopic (exact) mass is 527 g/mol. The fourth-order valence-electron chi connectivity index (χ4n) is 4.72. The van der Waals surface area contributed by atoms with Crippen LogP contribution >= 0.6 is 0 Å². The lowest BCUT2D eigenvalue weighted by Crippen LogP contribution is -2.42. The van der Waals surface area contributed by atoms with Crippen LogP contribution in [0.1, 0.15) is 53.1 Å². The number of nitrogens with one attached hydrogen (secondary N) is 1. The molecule has 0 aliphatic carbocycles. The highest BCUT2D eigenvalue weighted by molar-refractivity contribution is 5.78. The zero-order valence-corrected chi connectivity index (χ0v) is 19.8. The van der Waals surface area contributed by atoms with Gasteiger partial charge in [-0.05, 0) is 60.2 Å². The molecule has 5 nitrogen and oxygen atoms in total. The third-order valence-electron chi connectivity index (χ3n) is 6.71. The number of piperidine rings is 1. The van der Waals surface area contributed by atoms with Crippen LogP contribution in [0.15, 0.2) is 48.7 Å². The minimum Gasteiger partial charge on any atom is -0.393 e. The van der Waals surface area contributed by atoms with E-state index in [1.54, 1.807) is 12.3 Å². The van der Waals surface area contributed by atoms with Crippen molar-refractivity contribution in [3.63, 3.8) is 0 Å². The number of carbonyl (C=O) groups excluding carboxylic acids is 1. The molecule has 2 aliphatic heterocycles. The Kier molecular flexibility index (Phi) is 7.84. The van der Waals surface area contributed by atoms with Gasteiger partial charge >= 0.3 is 18.4 Å². The zero-order chi connectivity index (χ0) is 26.8. The van der Waals surface area contributed by atoms with Gasteiger partial charge in [0.15, 0.2) is 0 Å². The first-order valence-electron chi connectivity index (χ1n) is 11.9. The number of rotatable bonds is 5. The molecule has 200 valence electrons. The summed E-state index contributed by atoms with van der Waals surface area (Å²) in [6, 6.07) is 7.80. The summed E-state index contributed by atoms with van der Waals surface area (Å²) >= 11 is 0. The van der Waals surface area contributed by atoms with Gasteiger partial charge in [0.25, 0.3) is 0 Å². The minimum absolute atomic E-state index is 0.0608. The molecule has 0 saturated carbocycles. The summed E-state index contributed by atoms with van der Waals surface area (Å²) in [5, 5.41) is 12.2. The molecule has 0 aromatic heterocycles. The molecule has 0 spiro atoms. The van der Waals surface area contributed by atoms with Crippen LogP contribution in [0.3, 0.4) is 0 Å². The number of benzene rings is 2. The maximum atomic E-state index is 13.2. The van der Waals surface area contributed by atoms with E-state index >= 15 is 0 Å². The molecule has 1 unspecified atom stereocenters. The number of fused-ring (bicyclic) bond motifs is 1. The molecule has 2 aromatic carbocycles. The van der Waals surface area contributed by atoms with Gasteiger partial charge in [0, 0.05) is 32.4 Å². The summed E-state index contributed by atoms with van der Waals surface area (Å²) in [6.45, 7) is 1.61. The smallest absolute Gasteiger partial charge is 0.393 e. The number of urea groups is 1. The molecule has 37 heavy (non-hydrogen) atoms. The Morgan fingerprint density at radius 3 is 2.22 bits per heavy atom. The maximum Gasteiger partial charge on any atom is 0.416 e. The molecule has 0 bridgehead atoms. The highest BCUT2D eigenvalue weighted by Crippen LogP contribution is 2.37.